The monoisotopic (exact) mass is 341 g/mol. The Morgan fingerprint density at radius 1 is 1.21 bits per heavy atom. The molecular formula is C15H17BrFNS. The molecule has 0 aliphatic heterocycles. The normalized spacial score (nSPS) is 12.9. The number of nitrogens with one attached hydrogen (secondary N) is 1. The predicted octanol–water partition coefficient (Wildman–Crippen LogP) is 5.23. The molecule has 19 heavy (non-hydrogen) atoms. The predicted molar refractivity (Wildman–Crippen MR) is 84.1 cm³/mol. The lowest BCUT2D eigenvalue weighted by molar-refractivity contribution is 0.449. The number of rotatable bonds is 4. The highest BCUT2D eigenvalue weighted by atomic mass is 79.9. The van der Waals surface area contributed by atoms with E-state index in [9.17, 15) is 4.39 Å². The molecule has 0 amide bonds. The minimum absolute atomic E-state index is 0.226. The SMILES string of the molecule is CNC(c1ccc(-c2ccc(F)c(Br)c2)s1)C(C)C. The second-order valence-electron chi connectivity index (χ2n) is 4.84. The van der Waals surface area contributed by atoms with E-state index in [1.807, 2.05) is 19.2 Å². The molecule has 1 aromatic carbocycles. The number of halogens is 2. The molecule has 0 spiro atoms. The maximum atomic E-state index is 13.3. The zero-order valence-electron chi connectivity index (χ0n) is 11.2. The molecule has 0 saturated heterocycles. The summed E-state index contributed by atoms with van der Waals surface area (Å²) in [5.74, 6) is 0.312. The lowest BCUT2D eigenvalue weighted by atomic mass is 10.0. The van der Waals surface area contributed by atoms with Crippen LogP contribution in [0.15, 0.2) is 34.8 Å². The van der Waals surface area contributed by atoms with Crippen LogP contribution in [0.3, 0.4) is 0 Å². The van der Waals surface area contributed by atoms with Crippen molar-refractivity contribution in [2.45, 2.75) is 19.9 Å². The van der Waals surface area contributed by atoms with Crippen LogP contribution in [0.5, 0.6) is 0 Å². The Morgan fingerprint density at radius 2 is 1.95 bits per heavy atom. The third-order valence-corrected chi connectivity index (χ3v) is 4.94. The van der Waals surface area contributed by atoms with Crippen molar-refractivity contribution < 1.29 is 4.39 Å². The van der Waals surface area contributed by atoms with Gasteiger partial charge in [-0.3, -0.25) is 0 Å². The molecule has 1 unspecified atom stereocenters. The number of hydrogen-bond donors (Lipinski definition) is 1. The van der Waals surface area contributed by atoms with Crippen LogP contribution in [0, 0.1) is 11.7 Å². The summed E-state index contributed by atoms with van der Waals surface area (Å²) in [4.78, 5) is 2.48. The molecule has 4 heteroatoms. The molecule has 1 nitrogen and oxygen atoms in total. The first-order chi connectivity index (χ1) is 9.02. The van der Waals surface area contributed by atoms with Crippen LogP contribution < -0.4 is 5.32 Å². The van der Waals surface area contributed by atoms with E-state index >= 15 is 0 Å². The van der Waals surface area contributed by atoms with Gasteiger partial charge in [0.05, 0.1) is 4.47 Å². The van der Waals surface area contributed by atoms with Gasteiger partial charge in [-0.05, 0) is 58.7 Å². The van der Waals surface area contributed by atoms with E-state index in [4.69, 9.17) is 0 Å². The van der Waals surface area contributed by atoms with Gasteiger partial charge in [0.15, 0.2) is 0 Å². The van der Waals surface area contributed by atoms with Crippen LogP contribution in [0.4, 0.5) is 4.39 Å². The van der Waals surface area contributed by atoms with E-state index in [-0.39, 0.29) is 5.82 Å². The standard InChI is InChI=1S/C15H17BrFNS/c1-9(2)15(18-3)14-7-6-13(19-14)10-4-5-12(17)11(16)8-10/h4-9,15,18H,1-3H3. The van der Waals surface area contributed by atoms with E-state index in [1.165, 1.54) is 10.9 Å². The first-order valence-corrected chi connectivity index (χ1v) is 7.86. The third kappa shape index (κ3) is 3.25. The van der Waals surface area contributed by atoms with Gasteiger partial charge in [0.2, 0.25) is 0 Å². The molecular weight excluding hydrogens is 325 g/mol. The Hall–Kier alpha value is -0.710. The molecule has 1 heterocycles. The number of benzene rings is 1. The minimum Gasteiger partial charge on any atom is -0.312 e. The summed E-state index contributed by atoms with van der Waals surface area (Å²) < 4.78 is 13.8. The second kappa shape index (κ2) is 6.16. The molecule has 0 radical (unpaired) electrons. The fourth-order valence-corrected chi connectivity index (χ4v) is 3.80. The number of thiophene rings is 1. The Kier molecular flexibility index (Phi) is 4.76. The second-order valence-corrected chi connectivity index (χ2v) is 6.81. The molecule has 0 saturated carbocycles. The molecule has 0 aliphatic carbocycles. The lowest BCUT2D eigenvalue weighted by Gasteiger charge is -2.18. The molecule has 1 atom stereocenters. The van der Waals surface area contributed by atoms with Crippen molar-refractivity contribution in [3.05, 3.63) is 45.5 Å². The highest BCUT2D eigenvalue weighted by Gasteiger charge is 2.16. The highest BCUT2D eigenvalue weighted by Crippen LogP contribution is 2.35. The van der Waals surface area contributed by atoms with Crippen molar-refractivity contribution in [1.82, 2.24) is 5.32 Å². The topological polar surface area (TPSA) is 12.0 Å². The summed E-state index contributed by atoms with van der Waals surface area (Å²) >= 11 is 4.99. The summed E-state index contributed by atoms with van der Waals surface area (Å²) in [6.45, 7) is 4.41. The van der Waals surface area contributed by atoms with Gasteiger partial charge >= 0.3 is 0 Å². The quantitative estimate of drug-likeness (QED) is 0.802. The van der Waals surface area contributed by atoms with Gasteiger partial charge in [-0.25, -0.2) is 4.39 Å². The van der Waals surface area contributed by atoms with Crippen LogP contribution in [-0.2, 0) is 0 Å². The van der Waals surface area contributed by atoms with Crippen molar-refractivity contribution >= 4 is 27.3 Å². The molecule has 1 N–H and O–H groups in total. The summed E-state index contributed by atoms with van der Waals surface area (Å²) in [5, 5.41) is 3.34. The maximum absolute atomic E-state index is 13.3. The molecule has 0 bridgehead atoms. The van der Waals surface area contributed by atoms with Crippen molar-refractivity contribution in [3.8, 4) is 10.4 Å². The lowest BCUT2D eigenvalue weighted by Crippen LogP contribution is -2.20. The van der Waals surface area contributed by atoms with Gasteiger partial charge in [0.25, 0.3) is 0 Å². The molecule has 1 aromatic heterocycles. The zero-order chi connectivity index (χ0) is 14.0. The van der Waals surface area contributed by atoms with E-state index < -0.39 is 0 Å². The molecule has 102 valence electrons. The largest absolute Gasteiger partial charge is 0.312 e. The van der Waals surface area contributed by atoms with Gasteiger partial charge in [0, 0.05) is 15.8 Å². The Bertz CT molecular complexity index is 565. The fraction of sp³-hybridized carbons (Fsp3) is 0.333. The average molecular weight is 342 g/mol. The minimum atomic E-state index is -0.226. The highest BCUT2D eigenvalue weighted by molar-refractivity contribution is 9.10. The van der Waals surface area contributed by atoms with Crippen molar-refractivity contribution in [2.75, 3.05) is 7.05 Å². The Balaban J connectivity index is 2.32. The van der Waals surface area contributed by atoms with Crippen LogP contribution >= 0.6 is 27.3 Å². The third-order valence-electron chi connectivity index (χ3n) is 3.12. The van der Waals surface area contributed by atoms with Crippen LogP contribution in [0.1, 0.15) is 24.8 Å². The fourth-order valence-electron chi connectivity index (χ4n) is 2.13. The van der Waals surface area contributed by atoms with Gasteiger partial charge in [-0.1, -0.05) is 19.9 Å². The maximum Gasteiger partial charge on any atom is 0.137 e. The first kappa shape index (κ1) is 14.7. The molecule has 0 fully saturated rings. The van der Waals surface area contributed by atoms with Gasteiger partial charge in [0.1, 0.15) is 5.82 Å². The van der Waals surface area contributed by atoms with E-state index in [0.717, 1.165) is 10.4 Å². The van der Waals surface area contributed by atoms with E-state index in [2.05, 4.69) is 47.2 Å². The Morgan fingerprint density at radius 3 is 2.53 bits per heavy atom. The van der Waals surface area contributed by atoms with Crippen LogP contribution in [0.2, 0.25) is 0 Å². The van der Waals surface area contributed by atoms with E-state index in [0.29, 0.717) is 16.4 Å². The van der Waals surface area contributed by atoms with Crippen molar-refractivity contribution in [1.29, 1.82) is 0 Å². The van der Waals surface area contributed by atoms with Crippen LogP contribution in [0.25, 0.3) is 10.4 Å². The van der Waals surface area contributed by atoms with Gasteiger partial charge in [-0.15, -0.1) is 11.3 Å². The van der Waals surface area contributed by atoms with Gasteiger partial charge < -0.3 is 5.32 Å². The van der Waals surface area contributed by atoms with Crippen LogP contribution in [-0.4, -0.2) is 7.05 Å². The molecule has 2 rings (SSSR count). The summed E-state index contributed by atoms with van der Waals surface area (Å²) in [5.41, 5.74) is 1.04. The summed E-state index contributed by atoms with van der Waals surface area (Å²) in [7, 11) is 1.98. The zero-order valence-corrected chi connectivity index (χ0v) is 13.6. The number of hydrogen-bond acceptors (Lipinski definition) is 2. The van der Waals surface area contributed by atoms with Crippen molar-refractivity contribution in [3.63, 3.8) is 0 Å². The first-order valence-electron chi connectivity index (χ1n) is 6.25. The molecule has 2 aromatic rings. The summed E-state index contributed by atoms with van der Waals surface area (Å²) in [6, 6.07) is 9.76. The summed E-state index contributed by atoms with van der Waals surface area (Å²) in [6.07, 6.45) is 0. The molecule has 0 aliphatic rings. The Labute approximate surface area is 126 Å². The van der Waals surface area contributed by atoms with Gasteiger partial charge in [-0.2, -0.15) is 0 Å². The van der Waals surface area contributed by atoms with Crippen molar-refractivity contribution in [2.24, 2.45) is 5.92 Å². The van der Waals surface area contributed by atoms with E-state index in [1.54, 1.807) is 11.3 Å². The average Bonchev–Trinajstić information content (AvgIpc) is 2.82. The smallest absolute Gasteiger partial charge is 0.137 e.